The average Bonchev–Trinajstić information content (AvgIpc) is 2.30. The molecule has 0 saturated heterocycles. The lowest BCUT2D eigenvalue weighted by molar-refractivity contribution is -0.126. The Morgan fingerprint density at radius 2 is 2.58 bits per heavy atom. The van der Waals surface area contributed by atoms with Crippen LogP contribution in [0.15, 0.2) is 24.5 Å². The fourth-order valence-electron chi connectivity index (χ4n) is 1.13. The molecule has 3 heteroatoms. The highest BCUT2D eigenvalue weighted by Crippen LogP contribution is 2.27. The second kappa shape index (κ2) is 3.11. The van der Waals surface area contributed by atoms with Gasteiger partial charge in [-0.05, 0) is 6.92 Å². The molecule has 0 aromatic rings. The highest BCUT2D eigenvalue weighted by Gasteiger charge is 2.38. The maximum Gasteiger partial charge on any atom is 0.194 e. The van der Waals surface area contributed by atoms with E-state index in [2.05, 4.69) is 6.58 Å². The number of rotatable bonds is 3. The van der Waals surface area contributed by atoms with E-state index < -0.39 is 5.60 Å². The first-order valence-corrected chi connectivity index (χ1v) is 3.86. The van der Waals surface area contributed by atoms with Gasteiger partial charge in [0.2, 0.25) is 0 Å². The molecule has 1 atom stereocenters. The standard InChI is InChI=1S/C9H12O3/c1-3-9(11)6-7(12-4-2)5-8(9)10/h3,5,11H,1,4,6H2,2H3. The van der Waals surface area contributed by atoms with Crippen molar-refractivity contribution < 1.29 is 14.6 Å². The van der Waals surface area contributed by atoms with E-state index in [0.29, 0.717) is 12.4 Å². The molecule has 0 aliphatic heterocycles. The Morgan fingerprint density at radius 1 is 1.92 bits per heavy atom. The van der Waals surface area contributed by atoms with Crippen molar-refractivity contribution in [2.24, 2.45) is 0 Å². The minimum atomic E-state index is -1.43. The molecule has 1 N–H and O–H groups in total. The molecular weight excluding hydrogens is 156 g/mol. The van der Waals surface area contributed by atoms with Gasteiger partial charge in [-0.1, -0.05) is 12.7 Å². The van der Waals surface area contributed by atoms with Crippen molar-refractivity contribution in [1.29, 1.82) is 0 Å². The fourth-order valence-corrected chi connectivity index (χ4v) is 1.13. The van der Waals surface area contributed by atoms with Crippen molar-refractivity contribution >= 4 is 5.78 Å². The Morgan fingerprint density at radius 3 is 3.00 bits per heavy atom. The summed E-state index contributed by atoms with van der Waals surface area (Å²) in [4.78, 5) is 11.1. The number of hydrogen-bond donors (Lipinski definition) is 1. The van der Waals surface area contributed by atoms with E-state index in [9.17, 15) is 9.90 Å². The quantitative estimate of drug-likeness (QED) is 0.634. The highest BCUT2D eigenvalue weighted by molar-refractivity contribution is 6.01. The maximum absolute atomic E-state index is 11.1. The summed E-state index contributed by atoms with van der Waals surface area (Å²) in [7, 11) is 0. The van der Waals surface area contributed by atoms with Gasteiger partial charge < -0.3 is 9.84 Å². The molecule has 0 amide bonds. The minimum absolute atomic E-state index is 0.211. The van der Waals surface area contributed by atoms with Crippen LogP contribution in [0.25, 0.3) is 0 Å². The SMILES string of the molecule is C=CC1(O)CC(OCC)=CC1=O. The van der Waals surface area contributed by atoms with Crippen molar-refractivity contribution in [3.63, 3.8) is 0 Å². The lowest BCUT2D eigenvalue weighted by Gasteiger charge is -2.14. The highest BCUT2D eigenvalue weighted by atomic mass is 16.5. The molecule has 66 valence electrons. The van der Waals surface area contributed by atoms with E-state index in [1.807, 2.05) is 6.92 Å². The molecule has 1 aliphatic carbocycles. The number of carbonyl (C=O) groups excluding carboxylic acids is 1. The maximum atomic E-state index is 11.1. The van der Waals surface area contributed by atoms with E-state index in [-0.39, 0.29) is 12.2 Å². The van der Waals surface area contributed by atoms with E-state index in [4.69, 9.17) is 4.74 Å². The normalized spacial score (nSPS) is 28.5. The molecule has 0 bridgehead atoms. The first-order valence-electron chi connectivity index (χ1n) is 3.86. The van der Waals surface area contributed by atoms with Crippen LogP contribution >= 0.6 is 0 Å². The van der Waals surface area contributed by atoms with Crippen molar-refractivity contribution in [3.05, 3.63) is 24.5 Å². The zero-order chi connectivity index (χ0) is 9.19. The van der Waals surface area contributed by atoms with E-state index >= 15 is 0 Å². The van der Waals surface area contributed by atoms with Crippen LogP contribution in [0, 0.1) is 0 Å². The van der Waals surface area contributed by atoms with Gasteiger partial charge in [0.25, 0.3) is 0 Å². The molecule has 0 aromatic carbocycles. The van der Waals surface area contributed by atoms with E-state index in [1.165, 1.54) is 12.2 Å². The lowest BCUT2D eigenvalue weighted by Crippen LogP contribution is -2.30. The predicted molar refractivity (Wildman–Crippen MR) is 44.5 cm³/mol. The van der Waals surface area contributed by atoms with Crippen LogP contribution in [-0.4, -0.2) is 23.1 Å². The smallest absolute Gasteiger partial charge is 0.194 e. The molecular formula is C9H12O3. The number of ether oxygens (including phenoxy) is 1. The topological polar surface area (TPSA) is 46.5 Å². The summed E-state index contributed by atoms with van der Waals surface area (Å²) in [5, 5.41) is 9.57. The number of carbonyl (C=O) groups is 1. The summed E-state index contributed by atoms with van der Waals surface area (Å²) < 4.78 is 5.10. The van der Waals surface area contributed by atoms with Crippen molar-refractivity contribution in [2.75, 3.05) is 6.61 Å². The van der Waals surface area contributed by atoms with Crippen molar-refractivity contribution in [2.45, 2.75) is 18.9 Å². The van der Waals surface area contributed by atoms with Crippen LogP contribution < -0.4 is 0 Å². The van der Waals surface area contributed by atoms with Gasteiger partial charge in [0.1, 0.15) is 5.76 Å². The Kier molecular flexibility index (Phi) is 2.33. The van der Waals surface area contributed by atoms with E-state index in [0.717, 1.165) is 0 Å². The Bertz CT molecular complexity index is 242. The summed E-state index contributed by atoms with van der Waals surface area (Å²) in [6, 6.07) is 0. The van der Waals surface area contributed by atoms with Gasteiger partial charge in [0.15, 0.2) is 11.4 Å². The zero-order valence-corrected chi connectivity index (χ0v) is 7.04. The number of hydrogen-bond acceptors (Lipinski definition) is 3. The van der Waals surface area contributed by atoms with Crippen LogP contribution in [0.2, 0.25) is 0 Å². The third-order valence-electron chi connectivity index (χ3n) is 1.83. The summed E-state index contributed by atoms with van der Waals surface area (Å²) in [5.41, 5.74) is -1.43. The second-order valence-electron chi connectivity index (χ2n) is 2.71. The second-order valence-corrected chi connectivity index (χ2v) is 2.71. The molecule has 0 aromatic heterocycles. The van der Waals surface area contributed by atoms with Crippen LogP contribution in [0.4, 0.5) is 0 Å². The van der Waals surface area contributed by atoms with Crippen LogP contribution in [-0.2, 0) is 9.53 Å². The van der Waals surface area contributed by atoms with E-state index in [1.54, 1.807) is 0 Å². The molecule has 0 radical (unpaired) electrons. The third-order valence-corrected chi connectivity index (χ3v) is 1.83. The summed E-state index contributed by atoms with van der Waals surface area (Å²) in [6.07, 6.45) is 2.78. The van der Waals surface area contributed by atoms with Crippen molar-refractivity contribution in [3.8, 4) is 0 Å². The van der Waals surface area contributed by atoms with Crippen LogP contribution in [0.3, 0.4) is 0 Å². The molecule has 0 heterocycles. The molecule has 0 saturated carbocycles. The molecule has 3 nitrogen and oxygen atoms in total. The van der Waals surface area contributed by atoms with Crippen molar-refractivity contribution in [1.82, 2.24) is 0 Å². The van der Waals surface area contributed by atoms with Gasteiger partial charge in [-0.25, -0.2) is 0 Å². The summed E-state index contributed by atoms with van der Waals surface area (Å²) >= 11 is 0. The average molecular weight is 168 g/mol. The van der Waals surface area contributed by atoms with Crippen LogP contribution in [0.5, 0.6) is 0 Å². The lowest BCUT2D eigenvalue weighted by atomic mass is 10.0. The molecule has 0 fully saturated rings. The molecule has 12 heavy (non-hydrogen) atoms. The summed E-state index contributed by atoms with van der Waals surface area (Å²) in [5.74, 6) is 0.186. The molecule has 0 spiro atoms. The predicted octanol–water partition coefficient (Wildman–Crippen LogP) is 0.797. The van der Waals surface area contributed by atoms with Gasteiger partial charge in [-0.15, -0.1) is 0 Å². The zero-order valence-electron chi connectivity index (χ0n) is 7.04. The Hall–Kier alpha value is -1.09. The monoisotopic (exact) mass is 168 g/mol. The fraction of sp³-hybridized carbons (Fsp3) is 0.444. The first-order chi connectivity index (χ1) is 5.62. The summed E-state index contributed by atoms with van der Waals surface area (Å²) in [6.45, 7) is 5.74. The number of ketones is 1. The minimum Gasteiger partial charge on any atom is -0.498 e. The molecule has 1 rings (SSSR count). The van der Waals surface area contributed by atoms with Crippen LogP contribution in [0.1, 0.15) is 13.3 Å². The van der Waals surface area contributed by atoms with Gasteiger partial charge in [0, 0.05) is 12.5 Å². The van der Waals surface area contributed by atoms with Gasteiger partial charge >= 0.3 is 0 Å². The van der Waals surface area contributed by atoms with Gasteiger partial charge in [0.05, 0.1) is 6.61 Å². The molecule has 1 unspecified atom stereocenters. The van der Waals surface area contributed by atoms with Gasteiger partial charge in [-0.3, -0.25) is 4.79 Å². The largest absolute Gasteiger partial charge is 0.498 e. The Balaban J connectivity index is 2.73. The molecule has 1 aliphatic rings. The Labute approximate surface area is 71.3 Å². The number of aliphatic hydroxyl groups is 1. The third kappa shape index (κ3) is 1.41. The van der Waals surface area contributed by atoms with Gasteiger partial charge in [-0.2, -0.15) is 0 Å². The first kappa shape index (κ1) is 9.00.